The quantitative estimate of drug-likeness (QED) is 0.523. The fourth-order valence-corrected chi connectivity index (χ4v) is 3.79. The molecule has 0 spiro atoms. The van der Waals surface area contributed by atoms with E-state index in [2.05, 4.69) is 43.4 Å². The predicted octanol–water partition coefficient (Wildman–Crippen LogP) is 4.03. The van der Waals surface area contributed by atoms with E-state index >= 15 is 0 Å². The van der Waals surface area contributed by atoms with Crippen molar-refractivity contribution in [3.8, 4) is 0 Å². The number of hydrogen-bond acceptors (Lipinski definition) is 0. The van der Waals surface area contributed by atoms with Crippen molar-refractivity contribution in [1.82, 2.24) is 0 Å². The fraction of sp³-hybridized carbons (Fsp3) is 1.00. The molecule has 1 aliphatic rings. The van der Waals surface area contributed by atoms with Gasteiger partial charge < -0.3 is 0 Å². The summed E-state index contributed by atoms with van der Waals surface area (Å²) in [4.78, 5) is 0. The molecule has 0 amide bonds. The molecule has 1 heteroatoms. The highest BCUT2D eigenvalue weighted by Crippen LogP contribution is 2.47. The lowest BCUT2D eigenvalue weighted by Crippen LogP contribution is -2.10. The highest BCUT2D eigenvalue weighted by Gasteiger charge is 2.37. The molecule has 0 aromatic carbocycles. The first-order chi connectivity index (χ1) is 5.07. The predicted molar refractivity (Wildman–Crippen MR) is 59.2 cm³/mol. The van der Waals surface area contributed by atoms with Crippen LogP contribution in [0.5, 0.6) is 0 Å². The average Bonchev–Trinajstić information content (AvgIpc) is 2.08. The normalized spacial score (nSPS) is 44.7. The first kappa shape index (κ1) is 9.82. The van der Waals surface area contributed by atoms with Gasteiger partial charge in [0.15, 0.2) is 0 Å². The van der Waals surface area contributed by atoms with Crippen molar-refractivity contribution in [2.24, 2.45) is 11.3 Å². The Bertz CT molecular complexity index is 121. The topological polar surface area (TPSA) is 0 Å². The van der Waals surface area contributed by atoms with Crippen molar-refractivity contribution in [3.05, 3.63) is 0 Å². The van der Waals surface area contributed by atoms with E-state index in [4.69, 9.17) is 0 Å². The second kappa shape index (κ2) is 3.63. The van der Waals surface area contributed by atoms with Gasteiger partial charge in [-0.1, -0.05) is 49.8 Å². The number of rotatable bonds is 2. The molecule has 1 rings (SSSR count). The Hall–Kier alpha value is 0.730. The van der Waals surface area contributed by atoms with Crippen LogP contribution in [-0.4, -0.2) is 3.92 Å². The van der Waals surface area contributed by atoms with Crippen LogP contribution < -0.4 is 0 Å². The van der Waals surface area contributed by atoms with E-state index in [1.54, 1.807) is 0 Å². The van der Waals surface area contributed by atoms with Crippen LogP contribution in [0.4, 0.5) is 0 Å². The lowest BCUT2D eigenvalue weighted by Gasteiger charge is -2.22. The molecule has 3 atom stereocenters. The van der Waals surface area contributed by atoms with Crippen LogP contribution in [0.15, 0.2) is 0 Å². The summed E-state index contributed by atoms with van der Waals surface area (Å²) in [5, 5.41) is 0. The minimum absolute atomic E-state index is 0.681. The number of halogens is 1. The van der Waals surface area contributed by atoms with Crippen LogP contribution in [0, 0.1) is 11.3 Å². The maximum absolute atomic E-state index is 2.62. The van der Waals surface area contributed by atoms with E-state index in [0.29, 0.717) is 5.41 Å². The Labute approximate surface area is 84.3 Å². The van der Waals surface area contributed by atoms with E-state index in [0.717, 1.165) is 9.84 Å². The summed E-state index contributed by atoms with van der Waals surface area (Å²) in [7, 11) is 0. The Morgan fingerprint density at radius 2 is 2.09 bits per heavy atom. The smallest absolute Gasteiger partial charge is 0.0141 e. The molecule has 0 nitrogen and oxygen atoms in total. The fourth-order valence-electron chi connectivity index (χ4n) is 2.47. The average molecular weight is 266 g/mol. The van der Waals surface area contributed by atoms with Gasteiger partial charge in [0.25, 0.3) is 0 Å². The molecule has 66 valence electrons. The molecular weight excluding hydrogens is 247 g/mol. The molecule has 0 radical (unpaired) electrons. The second-order valence-corrected chi connectivity index (χ2v) is 6.06. The molecule has 0 aromatic heterocycles. The van der Waals surface area contributed by atoms with Crippen molar-refractivity contribution in [2.75, 3.05) is 0 Å². The Kier molecular flexibility index (Phi) is 3.24. The molecule has 1 aliphatic carbocycles. The van der Waals surface area contributed by atoms with Crippen LogP contribution in [0.1, 0.15) is 46.5 Å². The highest BCUT2D eigenvalue weighted by molar-refractivity contribution is 14.1. The first-order valence-electron chi connectivity index (χ1n) is 4.71. The summed E-state index contributed by atoms with van der Waals surface area (Å²) in [6, 6.07) is 0. The molecule has 0 N–H and O–H groups in total. The van der Waals surface area contributed by atoms with E-state index in [1.165, 1.54) is 25.7 Å². The van der Waals surface area contributed by atoms with Gasteiger partial charge in [-0.25, -0.2) is 0 Å². The molecule has 1 saturated carbocycles. The number of alkyl halides is 1. The molecule has 0 saturated heterocycles. The van der Waals surface area contributed by atoms with Gasteiger partial charge in [0.1, 0.15) is 0 Å². The van der Waals surface area contributed by atoms with Gasteiger partial charge in [-0.15, -0.1) is 0 Å². The van der Waals surface area contributed by atoms with Crippen molar-refractivity contribution in [3.63, 3.8) is 0 Å². The van der Waals surface area contributed by atoms with E-state index in [9.17, 15) is 0 Å². The van der Waals surface area contributed by atoms with Crippen LogP contribution in [0.25, 0.3) is 0 Å². The Morgan fingerprint density at radius 3 is 2.45 bits per heavy atom. The zero-order valence-electron chi connectivity index (χ0n) is 7.86. The highest BCUT2D eigenvalue weighted by atomic mass is 127. The number of hydrogen-bond donors (Lipinski definition) is 0. The van der Waals surface area contributed by atoms with E-state index in [-0.39, 0.29) is 0 Å². The van der Waals surface area contributed by atoms with Crippen molar-refractivity contribution >= 4 is 22.6 Å². The molecule has 1 fully saturated rings. The van der Waals surface area contributed by atoms with Gasteiger partial charge in [0.05, 0.1) is 0 Å². The Morgan fingerprint density at radius 1 is 1.45 bits per heavy atom. The minimum Gasteiger partial charge on any atom is -0.0823 e. The Balaban J connectivity index is 2.49. The van der Waals surface area contributed by atoms with Crippen molar-refractivity contribution < 1.29 is 0 Å². The van der Waals surface area contributed by atoms with E-state index < -0.39 is 0 Å². The molecular formula is C10H19I. The van der Waals surface area contributed by atoms with Gasteiger partial charge >= 0.3 is 0 Å². The molecule has 0 aliphatic heterocycles. The summed E-state index contributed by atoms with van der Waals surface area (Å²) >= 11 is 2.62. The molecule has 0 heterocycles. The molecule has 11 heavy (non-hydrogen) atoms. The summed E-state index contributed by atoms with van der Waals surface area (Å²) in [5.74, 6) is 0.951. The lowest BCUT2D eigenvalue weighted by atomic mass is 9.83. The van der Waals surface area contributed by atoms with Crippen LogP contribution in [0.2, 0.25) is 0 Å². The van der Waals surface area contributed by atoms with Crippen LogP contribution in [0.3, 0.4) is 0 Å². The molecule has 3 unspecified atom stereocenters. The summed E-state index contributed by atoms with van der Waals surface area (Å²) in [5.41, 5.74) is 0.681. The van der Waals surface area contributed by atoms with Gasteiger partial charge in [-0.3, -0.25) is 0 Å². The van der Waals surface area contributed by atoms with Crippen molar-refractivity contribution in [1.29, 1.82) is 0 Å². The molecule has 0 bridgehead atoms. The SMILES string of the molecule is CCCC1(C)CC(C)C(I)C1. The zero-order valence-corrected chi connectivity index (χ0v) is 10.0. The van der Waals surface area contributed by atoms with Crippen LogP contribution >= 0.6 is 22.6 Å². The first-order valence-corrected chi connectivity index (χ1v) is 5.96. The van der Waals surface area contributed by atoms with Gasteiger partial charge in [-0.05, 0) is 30.6 Å². The van der Waals surface area contributed by atoms with Gasteiger partial charge in [0, 0.05) is 3.92 Å². The standard InChI is InChI=1S/C10H19I/c1-4-5-10(3)6-8(2)9(11)7-10/h8-9H,4-7H2,1-3H3. The van der Waals surface area contributed by atoms with Crippen LogP contribution in [-0.2, 0) is 0 Å². The lowest BCUT2D eigenvalue weighted by molar-refractivity contribution is 0.295. The summed E-state index contributed by atoms with van der Waals surface area (Å²) < 4.78 is 0.934. The third kappa shape index (κ3) is 2.33. The molecule has 0 aromatic rings. The summed E-state index contributed by atoms with van der Waals surface area (Å²) in [6.07, 6.45) is 5.68. The second-order valence-electron chi connectivity index (χ2n) is 4.46. The maximum Gasteiger partial charge on any atom is 0.0141 e. The van der Waals surface area contributed by atoms with Gasteiger partial charge in [0.2, 0.25) is 0 Å². The van der Waals surface area contributed by atoms with Crippen molar-refractivity contribution in [2.45, 2.75) is 50.4 Å². The zero-order chi connectivity index (χ0) is 8.48. The third-order valence-electron chi connectivity index (χ3n) is 2.97. The van der Waals surface area contributed by atoms with Gasteiger partial charge in [-0.2, -0.15) is 0 Å². The summed E-state index contributed by atoms with van der Waals surface area (Å²) in [6.45, 7) is 7.17. The third-order valence-corrected chi connectivity index (χ3v) is 4.64. The largest absolute Gasteiger partial charge is 0.0823 e. The monoisotopic (exact) mass is 266 g/mol. The minimum atomic E-state index is 0.681. The van der Waals surface area contributed by atoms with E-state index in [1.807, 2.05) is 0 Å². The maximum atomic E-state index is 2.62.